The molecule has 1 aliphatic rings. The predicted molar refractivity (Wildman–Crippen MR) is 184 cm³/mol. The van der Waals surface area contributed by atoms with Crippen LogP contribution in [0, 0.1) is 0 Å². The summed E-state index contributed by atoms with van der Waals surface area (Å²) in [5.41, 5.74) is 12.2. The smallest absolute Gasteiger partial charge is 0.0831 e. The van der Waals surface area contributed by atoms with Gasteiger partial charge in [0.25, 0.3) is 0 Å². The van der Waals surface area contributed by atoms with Crippen LogP contribution in [-0.4, -0.2) is 24.8 Å². The van der Waals surface area contributed by atoms with Crippen molar-refractivity contribution in [2.75, 3.05) is 24.0 Å². The number of hydrazone groups is 1. The minimum absolute atomic E-state index is 0.126. The first-order valence-electron chi connectivity index (χ1n) is 15.1. The van der Waals surface area contributed by atoms with Crippen molar-refractivity contribution in [1.82, 2.24) is 4.98 Å². The zero-order valence-corrected chi connectivity index (χ0v) is 25.0. The van der Waals surface area contributed by atoms with Crippen LogP contribution in [0.5, 0.6) is 0 Å². The second kappa shape index (κ2) is 12.0. The van der Waals surface area contributed by atoms with Gasteiger partial charge in [0.2, 0.25) is 0 Å². The maximum Gasteiger partial charge on any atom is 0.0831 e. The van der Waals surface area contributed by atoms with E-state index in [2.05, 4.69) is 164 Å². The van der Waals surface area contributed by atoms with Gasteiger partial charge in [-0.2, -0.15) is 5.10 Å². The van der Waals surface area contributed by atoms with Crippen molar-refractivity contribution in [2.24, 2.45) is 5.10 Å². The summed E-state index contributed by atoms with van der Waals surface area (Å²) >= 11 is 0. The molecule has 4 heteroatoms. The van der Waals surface area contributed by atoms with Crippen LogP contribution in [0.1, 0.15) is 23.6 Å². The van der Waals surface area contributed by atoms with E-state index in [-0.39, 0.29) is 6.04 Å². The van der Waals surface area contributed by atoms with Crippen molar-refractivity contribution in [3.63, 3.8) is 0 Å². The summed E-state index contributed by atoms with van der Waals surface area (Å²) < 4.78 is 0. The average Bonchev–Trinajstić information content (AvgIpc) is 3.55. The summed E-state index contributed by atoms with van der Waals surface area (Å²) in [4.78, 5) is 7.17. The van der Waals surface area contributed by atoms with Crippen LogP contribution >= 0.6 is 0 Å². The van der Waals surface area contributed by atoms with Crippen LogP contribution in [0.3, 0.4) is 0 Å². The molecule has 6 aromatic rings. The highest BCUT2D eigenvalue weighted by molar-refractivity contribution is 6.03. The zero-order chi connectivity index (χ0) is 29.9. The van der Waals surface area contributed by atoms with E-state index >= 15 is 0 Å². The Morgan fingerprint density at radius 3 is 1.61 bits per heavy atom. The Labute approximate surface area is 259 Å². The monoisotopic (exact) mass is 570 g/mol. The minimum atomic E-state index is 0.126. The molecule has 1 aromatic heterocycles. The van der Waals surface area contributed by atoms with Crippen LogP contribution in [0.15, 0.2) is 157 Å². The van der Waals surface area contributed by atoms with Gasteiger partial charge in [-0.3, -0.25) is 5.01 Å². The highest BCUT2D eigenvalue weighted by Gasteiger charge is 2.30. The third kappa shape index (κ3) is 5.62. The average molecular weight is 571 g/mol. The second-order valence-corrected chi connectivity index (χ2v) is 11.4. The van der Waals surface area contributed by atoms with Gasteiger partial charge in [0.05, 0.1) is 28.8 Å². The van der Waals surface area contributed by atoms with Crippen molar-refractivity contribution >= 4 is 17.1 Å². The molecule has 0 saturated carbocycles. The molecule has 0 N–H and O–H groups in total. The third-order valence-corrected chi connectivity index (χ3v) is 8.24. The number of aromatic nitrogens is 1. The second-order valence-electron chi connectivity index (χ2n) is 11.4. The van der Waals surface area contributed by atoms with Gasteiger partial charge in [0, 0.05) is 37.3 Å². The summed E-state index contributed by atoms with van der Waals surface area (Å²) in [6, 6.07) is 53.5. The largest absolute Gasteiger partial charge is 0.378 e. The van der Waals surface area contributed by atoms with Crippen LogP contribution in [0.4, 0.5) is 11.4 Å². The Kier molecular flexibility index (Phi) is 7.47. The Morgan fingerprint density at radius 2 is 1.07 bits per heavy atom. The van der Waals surface area contributed by atoms with Gasteiger partial charge in [0.15, 0.2) is 0 Å². The number of benzene rings is 5. The topological polar surface area (TPSA) is 31.7 Å². The normalized spacial score (nSPS) is 14.4. The summed E-state index contributed by atoms with van der Waals surface area (Å²) in [6.45, 7) is 0. The van der Waals surface area contributed by atoms with Crippen molar-refractivity contribution < 1.29 is 0 Å². The lowest BCUT2D eigenvalue weighted by molar-refractivity contribution is 0.709. The van der Waals surface area contributed by atoms with Gasteiger partial charge in [-0.25, -0.2) is 4.98 Å². The predicted octanol–water partition coefficient (Wildman–Crippen LogP) is 9.50. The first-order chi connectivity index (χ1) is 21.6. The molecule has 0 radical (unpaired) electrons. The lowest BCUT2D eigenvalue weighted by atomic mass is 9.97. The fourth-order valence-corrected chi connectivity index (χ4v) is 5.83. The molecule has 0 spiro atoms. The van der Waals surface area contributed by atoms with E-state index in [9.17, 15) is 0 Å². The van der Waals surface area contributed by atoms with Crippen LogP contribution in [-0.2, 0) is 0 Å². The Bertz CT molecular complexity index is 1820. The van der Waals surface area contributed by atoms with Crippen LogP contribution in [0.2, 0.25) is 0 Å². The van der Waals surface area contributed by atoms with Gasteiger partial charge in [-0.15, -0.1) is 0 Å². The molecule has 2 heterocycles. The van der Waals surface area contributed by atoms with E-state index in [0.29, 0.717) is 0 Å². The molecule has 0 bridgehead atoms. The number of anilines is 2. The maximum absolute atomic E-state index is 5.20. The van der Waals surface area contributed by atoms with Crippen LogP contribution in [0.25, 0.3) is 33.6 Å². The molecule has 0 unspecified atom stereocenters. The Hall–Kier alpha value is -5.48. The molecule has 7 rings (SSSR count). The lowest BCUT2D eigenvalue weighted by Gasteiger charge is -2.24. The fourth-order valence-electron chi connectivity index (χ4n) is 5.83. The molecule has 1 aliphatic heterocycles. The van der Waals surface area contributed by atoms with E-state index in [1.807, 2.05) is 12.1 Å². The summed E-state index contributed by atoms with van der Waals surface area (Å²) in [5, 5.41) is 7.38. The number of rotatable bonds is 7. The summed E-state index contributed by atoms with van der Waals surface area (Å²) in [6.07, 6.45) is 0.846. The first kappa shape index (κ1) is 27.4. The SMILES string of the molecule is CN(C)c1ccc(C2=NN(c3ccc(-c4cc(-c5ccccc5)nc(-c5ccccc5)c4)cc3)[C@H](c3ccccc3)C2)cc1. The minimum Gasteiger partial charge on any atom is -0.378 e. The number of pyridine rings is 1. The molecule has 4 nitrogen and oxygen atoms in total. The molecular formula is C40H34N4. The molecule has 0 fully saturated rings. The number of nitrogens with zero attached hydrogens (tertiary/aromatic N) is 4. The molecule has 44 heavy (non-hydrogen) atoms. The van der Waals surface area contributed by atoms with E-state index in [4.69, 9.17) is 10.1 Å². The van der Waals surface area contributed by atoms with E-state index in [0.717, 1.165) is 57.0 Å². The highest BCUT2D eigenvalue weighted by atomic mass is 15.5. The Balaban J connectivity index is 1.25. The van der Waals surface area contributed by atoms with E-state index in [1.54, 1.807) is 0 Å². The molecule has 0 aliphatic carbocycles. The highest BCUT2D eigenvalue weighted by Crippen LogP contribution is 2.38. The van der Waals surface area contributed by atoms with Gasteiger partial charge in [0.1, 0.15) is 0 Å². The lowest BCUT2D eigenvalue weighted by Crippen LogP contribution is -2.18. The summed E-state index contributed by atoms with van der Waals surface area (Å²) in [5.74, 6) is 0. The van der Waals surface area contributed by atoms with Crippen molar-refractivity contribution in [1.29, 1.82) is 0 Å². The summed E-state index contributed by atoms with van der Waals surface area (Å²) in [7, 11) is 4.13. The van der Waals surface area contributed by atoms with Gasteiger partial charge >= 0.3 is 0 Å². The van der Waals surface area contributed by atoms with Gasteiger partial charge in [-0.05, 0) is 58.7 Å². The van der Waals surface area contributed by atoms with E-state index < -0.39 is 0 Å². The molecule has 214 valence electrons. The molecule has 5 aromatic carbocycles. The quantitative estimate of drug-likeness (QED) is 0.192. The Morgan fingerprint density at radius 1 is 0.545 bits per heavy atom. The standard InChI is InChI=1S/C40H34N4/c1-43(2)35-22-20-32(21-23-35)39-28-40(33-16-10-5-11-17-33)44(42-39)36-24-18-29(19-25-36)34-26-37(30-12-6-3-7-13-30)41-38(27-34)31-14-8-4-9-15-31/h3-27,40H,28H2,1-2H3/t40-/m0/s1. The molecular weight excluding hydrogens is 536 g/mol. The molecule has 0 saturated heterocycles. The first-order valence-corrected chi connectivity index (χ1v) is 15.1. The number of hydrogen-bond acceptors (Lipinski definition) is 4. The molecule has 0 amide bonds. The third-order valence-electron chi connectivity index (χ3n) is 8.24. The maximum atomic E-state index is 5.20. The van der Waals surface area contributed by atoms with Crippen LogP contribution < -0.4 is 9.91 Å². The zero-order valence-electron chi connectivity index (χ0n) is 25.0. The van der Waals surface area contributed by atoms with Crippen molar-refractivity contribution in [3.8, 4) is 33.6 Å². The van der Waals surface area contributed by atoms with Gasteiger partial charge < -0.3 is 4.90 Å². The van der Waals surface area contributed by atoms with Crippen molar-refractivity contribution in [2.45, 2.75) is 12.5 Å². The number of hydrogen-bond donors (Lipinski definition) is 0. The molecule has 1 atom stereocenters. The van der Waals surface area contributed by atoms with Gasteiger partial charge in [-0.1, -0.05) is 115 Å². The van der Waals surface area contributed by atoms with E-state index in [1.165, 1.54) is 11.3 Å². The van der Waals surface area contributed by atoms with Crippen molar-refractivity contribution in [3.05, 3.63) is 163 Å². The fraction of sp³-hybridized carbons (Fsp3) is 0.100.